The molecule has 0 amide bonds. The van der Waals surface area contributed by atoms with Crippen LogP contribution in [0.4, 0.5) is 5.82 Å². The number of nitrogens with zero attached hydrogens (tertiary/aromatic N) is 2. The SMILES string of the molecule is CCN(CC)c1ncccc1CNCCOC. The van der Waals surface area contributed by atoms with Gasteiger partial charge in [0.15, 0.2) is 0 Å². The topological polar surface area (TPSA) is 37.4 Å². The molecule has 0 aromatic carbocycles. The summed E-state index contributed by atoms with van der Waals surface area (Å²) in [6.07, 6.45) is 1.85. The Morgan fingerprint density at radius 3 is 2.76 bits per heavy atom. The van der Waals surface area contributed by atoms with E-state index in [2.05, 4.69) is 35.1 Å². The third kappa shape index (κ3) is 4.32. The highest BCUT2D eigenvalue weighted by Crippen LogP contribution is 2.16. The zero-order valence-corrected chi connectivity index (χ0v) is 11.1. The molecule has 0 radical (unpaired) electrons. The molecular weight excluding hydrogens is 214 g/mol. The molecule has 4 nitrogen and oxygen atoms in total. The Bertz CT molecular complexity index is 313. The molecule has 0 aliphatic heterocycles. The monoisotopic (exact) mass is 237 g/mol. The van der Waals surface area contributed by atoms with Crippen LogP contribution in [-0.2, 0) is 11.3 Å². The third-order valence-corrected chi connectivity index (χ3v) is 2.73. The highest BCUT2D eigenvalue weighted by atomic mass is 16.5. The van der Waals surface area contributed by atoms with Crippen molar-refractivity contribution in [1.29, 1.82) is 0 Å². The molecule has 1 heterocycles. The van der Waals surface area contributed by atoms with Crippen LogP contribution in [0.3, 0.4) is 0 Å². The molecule has 0 saturated heterocycles. The first kappa shape index (κ1) is 13.9. The number of anilines is 1. The van der Waals surface area contributed by atoms with Gasteiger partial charge in [-0.1, -0.05) is 6.07 Å². The van der Waals surface area contributed by atoms with Gasteiger partial charge in [0.2, 0.25) is 0 Å². The highest BCUT2D eigenvalue weighted by molar-refractivity contribution is 5.46. The Balaban J connectivity index is 2.63. The van der Waals surface area contributed by atoms with Gasteiger partial charge in [-0.05, 0) is 19.9 Å². The fraction of sp³-hybridized carbons (Fsp3) is 0.615. The number of hydrogen-bond acceptors (Lipinski definition) is 4. The second-order valence-electron chi connectivity index (χ2n) is 3.83. The van der Waals surface area contributed by atoms with Crippen molar-refractivity contribution in [1.82, 2.24) is 10.3 Å². The summed E-state index contributed by atoms with van der Waals surface area (Å²) in [5.41, 5.74) is 1.24. The van der Waals surface area contributed by atoms with E-state index >= 15 is 0 Å². The second-order valence-corrected chi connectivity index (χ2v) is 3.83. The summed E-state index contributed by atoms with van der Waals surface area (Å²) in [5.74, 6) is 1.09. The predicted molar refractivity (Wildman–Crippen MR) is 71.4 cm³/mol. The predicted octanol–water partition coefficient (Wildman–Crippen LogP) is 1.66. The highest BCUT2D eigenvalue weighted by Gasteiger charge is 2.08. The lowest BCUT2D eigenvalue weighted by Crippen LogP contribution is -2.26. The summed E-state index contributed by atoms with van der Waals surface area (Å²) in [4.78, 5) is 6.75. The maximum absolute atomic E-state index is 5.01. The summed E-state index contributed by atoms with van der Waals surface area (Å²) >= 11 is 0. The van der Waals surface area contributed by atoms with Gasteiger partial charge in [0, 0.05) is 45.0 Å². The van der Waals surface area contributed by atoms with Gasteiger partial charge in [-0.2, -0.15) is 0 Å². The van der Waals surface area contributed by atoms with E-state index < -0.39 is 0 Å². The van der Waals surface area contributed by atoms with Crippen molar-refractivity contribution in [2.24, 2.45) is 0 Å². The molecule has 1 rings (SSSR count). The van der Waals surface area contributed by atoms with Gasteiger partial charge in [0.25, 0.3) is 0 Å². The first-order chi connectivity index (χ1) is 8.33. The van der Waals surface area contributed by atoms with Crippen molar-refractivity contribution >= 4 is 5.82 Å². The van der Waals surface area contributed by atoms with Gasteiger partial charge >= 0.3 is 0 Å². The standard InChI is InChI=1S/C13H23N3O/c1-4-16(5-2)13-12(7-6-8-15-13)11-14-9-10-17-3/h6-8,14H,4-5,9-11H2,1-3H3. The van der Waals surface area contributed by atoms with Crippen LogP contribution in [0, 0.1) is 0 Å². The smallest absolute Gasteiger partial charge is 0.132 e. The Hall–Kier alpha value is -1.13. The number of nitrogens with one attached hydrogen (secondary N) is 1. The molecule has 0 unspecified atom stereocenters. The molecule has 4 heteroatoms. The van der Waals surface area contributed by atoms with E-state index in [1.807, 2.05) is 12.3 Å². The number of ether oxygens (including phenoxy) is 1. The summed E-state index contributed by atoms with van der Waals surface area (Å²) in [7, 11) is 1.72. The van der Waals surface area contributed by atoms with Gasteiger partial charge < -0.3 is 15.0 Å². The minimum atomic E-state index is 0.737. The van der Waals surface area contributed by atoms with Crippen molar-refractivity contribution in [3.63, 3.8) is 0 Å². The molecule has 0 aliphatic carbocycles. The van der Waals surface area contributed by atoms with Crippen LogP contribution in [0.15, 0.2) is 18.3 Å². The van der Waals surface area contributed by atoms with Crippen LogP contribution in [0.25, 0.3) is 0 Å². The number of pyridine rings is 1. The van der Waals surface area contributed by atoms with Gasteiger partial charge in [-0.15, -0.1) is 0 Å². The fourth-order valence-corrected chi connectivity index (χ4v) is 1.77. The van der Waals surface area contributed by atoms with E-state index in [-0.39, 0.29) is 0 Å². The van der Waals surface area contributed by atoms with Crippen LogP contribution in [0.2, 0.25) is 0 Å². The molecule has 0 atom stereocenters. The molecule has 0 fully saturated rings. The second kappa shape index (κ2) is 8.03. The normalized spacial score (nSPS) is 10.5. The van der Waals surface area contributed by atoms with E-state index in [1.165, 1.54) is 5.56 Å². The maximum Gasteiger partial charge on any atom is 0.132 e. The Morgan fingerprint density at radius 1 is 1.35 bits per heavy atom. The first-order valence-electron chi connectivity index (χ1n) is 6.22. The Morgan fingerprint density at radius 2 is 2.12 bits per heavy atom. The van der Waals surface area contributed by atoms with Gasteiger partial charge in [0.05, 0.1) is 6.61 Å². The number of hydrogen-bond donors (Lipinski definition) is 1. The van der Waals surface area contributed by atoms with Crippen LogP contribution in [0.1, 0.15) is 19.4 Å². The number of methoxy groups -OCH3 is 1. The minimum Gasteiger partial charge on any atom is -0.383 e. The first-order valence-corrected chi connectivity index (χ1v) is 6.22. The zero-order valence-electron chi connectivity index (χ0n) is 11.1. The third-order valence-electron chi connectivity index (χ3n) is 2.73. The molecule has 0 aliphatic rings. The minimum absolute atomic E-state index is 0.737. The molecule has 1 aromatic heterocycles. The van der Waals surface area contributed by atoms with Crippen LogP contribution in [-0.4, -0.2) is 38.3 Å². The lowest BCUT2D eigenvalue weighted by molar-refractivity contribution is 0.199. The van der Waals surface area contributed by atoms with Gasteiger partial charge in [-0.3, -0.25) is 0 Å². The maximum atomic E-state index is 5.01. The van der Waals surface area contributed by atoms with Gasteiger partial charge in [-0.25, -0.2) is 4.98 Å². The molecule has 1 N–H and O–H groups in total. The average molecular weight is 237 g/mol. The Kier molecular flexibility index (Phi) is 6.58. The van der Waals surface area contributed by atoms with Crippen molar-refractivity contribution in [3.05, 3.63) is 23.9 Å². The van der Waals surface area contributed by atoms with E-state index in [1.54, 1.807) is 7.11 Å². The molecule has 96 valence electrons. The van der Waals surface area contributed by atoms with Crippen molar-refractivity contribution in [2.75, 3.05) is 38.3 Å². The van der Waals surface area contributed by atoms with E-state index in [0.29, 0.717) is 0 Å². The molecule has 1 aromatic rings. The largest absolute Gasteiger partial charge is 0.383 e. The number of rotatable bonds is 8. The molecule has 0 bridgehead atoms. The molecule has 0 spiro atoms. The summed E-state index contributed by atoms with van der Waals surface area (Å²) < 4.78 is 5.01. The van der Waals surface area contributed by atoms with Gasteiger partial charge in [0.1, 0.15) is 5.82 Å². The van der Waals surface area contributed by atoms with E-state index in [4.69, 9.17) is 4.74 Å². The van der Waals surface area contributed by atoms with Crippen molar-refractivity contribution in [3.8, 4) is 0 Å². The quantitative estimate of drug-likeness (QED) is 0.698. The lowest BCUT2D eigenvalue weighted by atomic mass is 10.2. The van der Waals surface area contributed by atoms with E-state index in [0.717, 1.165) is 38.6 Å². The van der Waals surface area contributed by atoms with E-state index in [9.17, 15) is 0 Å². The Labute approximate surface area is 104 Å². The molecule has 17 heavy (non-hydrogen) atoms. The van der Waals surface area contributed by atoms with Crippen LogP contribution >= 0.6 is 0 Å². The lowest BCUT2D eigenvalue weighted by Gasteiger charge is -2.22. The molecular formula is C13H23N3O. The van der Waals surface area contributed by atoms with Crippen molar-refractivity contribution in [2.45, 2.75) is 20.4 Å². The van der Waals surface area contributed by atoms with Crippen LogP contribution < -0.4 is 10.2 Å². The molecule has 0 saturated carbocycles. The summed E-state index contributed by atoms with van der Waals surface area (Å²) in [6.45, 7) is 8.71. The summed E-state index contributed by atoms with van der Waals surface area (Å²) in [6, 6.07) is 4.11. The number of aromatic nitrogens is 1. The van der Waals surface area contributed by atoms with Crippen molar-refractivity contribution < 1.29 is 4.74 Å². The van der Waals surface area contributed by atoms with Crippen LogP contribution in [0.5, 0.6) is 0 Å². The summed E-state index contributed by atoms with van der Waals surface area (Å²) in [5, 5.41) is 3.35. The zero-order chi connectivity index (χ0) is 12.5. The fourth-order valence-electron chi connectivity index (χ4n) is 1.77. The average Bonchev–Trinajstić information content (AvgIpc) is 2.38.